The molecule has 0 unspecified atom stereocenters. The lowest BCUT2D eigenvalue weighted by Gasteiger charge is -2.42. The number of nitrogens with two attached hydrogens (primary N) is 1. The highest BCUT2D eigenvalue weighted by Crippen LogP contribution is 2.53. The molecule has 2 N–H and O–H groups in total. The average molecular weight is 217 g/mol. The number of hydrogen-bond acceptors (Lipinski definition) is 2. The SMILES string of the molecule is NS(=O)(=O)CC1(C(F)(F)F)CCC1. The molecular formula is C6H10F3NO2S. The molecule has 78 valence electrons. The summed E-state index contributed by atoms with van der Waals surface area (Å²) in [5.74, 6) is -0.983. The average Bonchev–Trinajstić information content (AvgIpc) is 1.73. The Morgan fingerprint density at radius 1 is 1.31 bits per heavy atom. The minimum absolute atomic E-state index is 0.132. The van der Waals surface area contributed by atoms with Crippen LogP contribution >= 0.6 is 0 Å². The number of halogens is 3. The van der Waals surface area contributed by atoms with Crippen LogP contribution in [0.1, 0.15) is 19.3 Å². The van der Waals surface area contributed by atoms with E-state index in [0.717, 1.165) is 0 Å². The van der Waals surface area contributed by atoms with Crippen LogP contribution in [0, 0.1) is 5.41 Å². The first-order chi connectivity index (χ1) is 5.66. The van der Waals surface area contributed by atoms with Crippen molar-refractivity contribution in [1.29, 1.82) is 0 Å². The summed E-state index contributed by atoms with van der Waals surface area (Å²) < 4.78 is 58.2. The van der Waals surface area contributed by atoms with Crippen molar-refractivity contribution in [3.63, 3.8) is 0 Å². The van der Waals surface area contributed by atoms with Crippen molar-refractivity contribution in [2.75, 3.05) is 5.75 Å². The van der Waals surface area contributed by atoms with Crippen LogP contribution in [0.2, 0.25) is 0 Å². The van der Waals surface area contributed by atoms with E-state index >= 15 is 0 Å². The zero-order valence-corrected chi connectivity index (χ0v) is 7.58. The highest BCUT2D eigenvalue weighted by atomic mass is 32.2. The predicted octanol–water partition coefficient (Wildman–Crippen LogP) is 1.01. The maximum absolute atomic E-state index is 12.4. The number of primary sulfonamides is 1. The molecule has 1 fully saturated rings. The molecule has 0 bridgehead atoms. The Kier molecular flexibility index (Phi) is 2.36. The lowest BCUT2D eigenvalue weighted by molar-refractivity contribution is -0.241. The fourth-order valence-electron chi connectivity index (χ4n) is 1.50. The van der Waals surface area contributed by atoms with Gasteiger partial charge in [0.25, 0.3) is 0 Å². The van der Waals surface area contributed by atoms with E-state index in [0.29, 0.717) is 6.42 Å². The second-order valence-electron chi connectivity index (χ2n) is 3.44. The molecule has 3 nitrogen and oxygen atoms in total. The van der Waals surface area contributed by atoms with Crippen LogP contribution in [-0.4, -0.2) is 20.3 Å². The molecule has 0 heterocycles. The molecule has 1 aliphatic rings. The van der Waals surface area contributed by atoms with Crippen molar-refractivity contribution in [2.24, 2.45) is 10.6 Å². The van der Waals surface area contributed by atoms with Crippen LogP contribution in [0.4, 0.5) is 13.2 Å². The zero-order valence-electron chi connectivity index (χ0n) is 6.76. The van der Waals surface area contributed by atoms with Crippen molar-refractivity contribution in [3.05, 3.63) is 0 Å². The molecule has 0 aromatic heterocycles. The standard InChI is InChI=1S/C6H10F3NO2S/c7-6(8,9)5(2-1-3-5)4-13(10,11)12/h1-4H2,(H2,10,11,12). The number of alkyl halides is 3. The molecule has 0 saturated heterocycles. The lowest BCUT2D eigenvalue weighted by atomic mass is 9.70. The Bertz CT molecular complexity index is 291. The third kappa shape index (κ3) is 2.14. The van der Waals surface area contributed by atoms with Gasteiger partial charge in [0.15, 0.2) is 0 Å². The van der Waals surface area contributed by atoms with Crippen molar-refractivity contribution in [1.82, 2.24) is 0 Å². The van der Waals surface area contributed by atoms with Crippen LogP contribution in [-0.2, 0) is 10.0 Å². The van der Waals surface area contributed by atoms with Crippen molar-refractivity contribution in [2.45, 2.75) is 25.4 Å². The molecular weight excluding hydrogens is 207 g/mol. The molecule has 0 radical (unpaired) electrons. The van der Waals surface area contributed by atoms with Gasteiger partial charge in [-0.15, -0.1) is 0 Å². The molecule has 0 amide bonds. The summed E-state index contributed by atoms with van der Waals surface area (Å²) in [6.07, 6.45) is -4.31. The molecule has 0 aromatic rings. The summed E-state index contributed by atoms with van der Waals surface area (Å²) in [4.78, 5) is 0. The van der Waals surface area contributed by atoms with Crippen LogP contribution < -0.4 is 5.14 Å². The first kappa shape index (κ1) is 10.8. The highest BCUT2D eigenvalue weighted by Gasteiger charge is 2.59. The number of sulfonamides is 1. The fraction of sp³-hybridized carbons (Fsp3) is 1.00. The summed E-state index contributed by atoms with van der Waals surface area (Å²) >= 11 is 0. The fourth-order valence-corrected chi connectivity index (χ4v) is 2.72. The van der Waals surface area contributed by atoms with Gasteiger partial charge < -0.3 is 0 Å². The largest absolute Gasteiger partial charge is 0.395 e. The van der Waals surface area contributed by atoms with Gasteiger partial charge in [0.1, 0.15) is 0 Å². The van der Waals surface area contributed by atoms with E-state index < -0.39 is 27.4 Å². The first-order valence-corrected chi connectivity index (χ1v) is 5.45. The summed E-state index contributed by atoms with van der Waals surface area (Å²) in [6.45, 7) is 0. The third-order valence-corrected chi connectivity index (χ3v) is 3.34. The summed E-state index contributed by atoms with van der Waals surface area (Å²) in [6, 6.07) is 0. The molecule has 7 heteroatoms. The quantitative estimate of drug-likeness (QED) is 0.750. The molecule has 0 spiro atoms. The van der Waals surface area contributed by atoms with E-state index in [4.69, 9.17) is 0 Å². The molecule has 0 atom stereocenters. The van der Waals surface area contributed by atoms with Gasteiger partial charge >= 0.3 is 6.18 Å². The van der Waals surface area contributed by atoms with Crippen LogP contribution in [0.5, 0.6) is 0 Å². The van der Waals surface area contributed by atoms with Gasteiger partial charge in [-0.05, 0) is 12.8 Å². The van der Waals surface area contributed by atoms with E-state index in [1.165, 1.54) is 0 Å². The Morgan fingerprint density at radius 2 is 1.77 bits per heavy atom. The number of hydrogen-bond donors (Lipinski definition) is 1. The Hall–Kier alpha value is -0.300. The predicted molar refractivity (Wildman–Crippen MR) is 40.3 cm³/mol. The number of rotatable bonds is 2. The molecule has 1 aliphatic carbocycles. The third-order valence-electron chi connectivity index (χ3n) is 2.39. The Balaban J connectivity index is 2.84. The highest BCUT2D eigenvalue weighted by molar-refractivity contribution is 7.89. The summed E-state index contributed by atoms with van der Waals surface area (Å²) in [5.41, 5.74) is -2.07. The molecule has 0 aromatic carbocycles. The maximum atomic E-state index is 12.4. The minimum atomic E-state index is -4.46. The van der Waals surface area contributed by atoms with E-state index in [9.17, 15) is 21.6 Å². The van der Waals surface area contributed by atoms with Gasteiger partial charge in [0.2, 0.25) is 10.0 Å². The molecule has 13 heavy (non-hydrogen) atoms. The van der Waals surface area contributed by atoms with Crippen LogP contribution in [0.25, 0.3) is 0 Å². The zero-order chi connectivity index (χ0) is 10.3. The minimum Gasteiger partial charge on any atom is -0.229 e. The summed E-state index contributed by atoms with van der Waals surface area (Å²) in [7, 11) is -4.05. The van der Waals surface area contributed by atoms with Gasteiger partial charge in [-0.3, -0.25) is 0 Å². The van der Waals surface area contributed by atoms with Crippen LogP contribution in [0.15, 0.2) is 0 Å². The maximum Gasteiger partial charge on any atom is 0.395 e. The van der Waals surface area contributed by atoms with Gasteiger partial charge in [0.05, 0.1) is 11.2 Å². The van der Waals surface area contributed by atoms with Gasteiger partial charge in [-0.1, -0.05) is 6.42 Å². The van der Waals surface area contributed by atoms with E-state index in [2.05, 4.69) is 5.14 Å². The molecule has 1 saturated carbocycles. The van der Waals surface area contributed by atoms with Gasteiger partial charge in [-0.25, -0.2) is 13.6 Å². The monoisotopic (exact) mass is 217 g/mol. The lowest BCUT2D eigenvalue weighted by Crippen LogP contribution is -2.50. The topological polar surface area (TPSA) is 60.2 Å². The summed E-state index contributed by atoms with van der Waals surface area (Å²) in [5, 5.41) is 4.60. The van der Waals surface area contributed by atoms with Gasteiger partial charge in [-0.2, -0.15) is 13.2 Å². The van der Waals surface area contributed by atoms with Crippen molar-refractivity contribution >= 4 is 10.0 Å². The normalized spacial score (nSPS) is 22.5. The Labute approximate surface area is 74.2 Å². The van der Waals surface area contributed by atoms with Gasteiger partial charge in [0, 0.05) is 0 Å². The second-order valence-corrected chi connectivity index (χ2v) is 5.05. The van der Waals surface area contributed by atoms with Crippen molar-refractivity contribution in [3.8, 4) is 0 Å². The van der Waals surface area contributed by atoms with E-state index in [1.54, 1.807) is 0 Å². The second kappa shape index (κ2) is 2.84. The van der Waals surface area contributed by atoms with E-state index in [-0.39, 0.29) is 12.8 Å². The molecule has 0 aliphatic heterocycles. The molecule has 1 rings (SSSR count). The van der Waals surface area contributed by atoms with E-state index in [1.807, 2.05) is 0 Å². The first-order valence-electron chi connectivity index (χ1n) is 3.74. The smallest absolute Gasteiger partial charge is 0.229 e. The van der Waals surface area contributed by atoms with Crippen molar-refractivity contribution < 1.29 is 21.6 Å². The Morgan fingerprint density at radius 3 is 1.85 bits per heavy atom. The van der Waals surface area contributed by atoms with Crippen LogP contribution in [0.3, 0.4) is 0 Å².